The topological polar surface area (TPSA) is 83.7 Å². The molecule has 148 valence electrons. The molecule has 2 aromatic carbocycles. The zero-order chi connectivity index (χ0) is 20.8. The Kier molecular flexibility index (Phi) is 6.24. The lowest BCUT2D eigenvalue weighted by Gasteiger charge is -2.08. The maximum atomic E-state index is 12.3. The molecule has 6 nitrogen and oxygen atoms in total. The molecule has 0 fully saturated rings. The molecule has 0 bridgehead atoms. The lowest BCUT2D eigenvalue weighted by Crippen LogP contribution is -2.19. The van der Waals surface area contributed by atoms with Gasteiger partial charge in [-0.25, -0.2) is 5.43 Å². The highest BCUT2D eigenvalue weighted by atomic mass is 16.3. The van der Waals surface area contributed by atoms with Gasteiger partial charge in [-0.15, -0.1) is 0 Å². The van der Waals surface area contributed by atoms with Gasteiger partial charge < -0.3 is 9.73 Å². The summed E-state index contributed by atoms with van der Waals surface area (Å²) >= 11 is 0. The summed E-state index contributed by atoms with van der Waals surface area (Å²) in [5, 5.41) is 6.95. The van der Waals surface area contributed by atoms with Gasteiger partial charge >= 0.3 is 0 Å². The molecule has 0 aliphatic heterocycles. The smallest absolute Gasteiger partial charge is 0.291 e. The molecule has 2 N–H and O–H groups in total. The zero-order valence-electron chi connectivity index (χ0n) is 16.6. The third-order valence-electron chi connectivity index (χ3n) is 4.45. The Labute approximate surface area is 169 Å². The average Bonchev–Trinajstić information content (AvgIpc) is 3.27. The number of nitrogens with one attached hydrogen (secondary N) is 2. The van der Waals surface area contributed by atoms with E-state index in [1.165, 1.54) is 11.8 Å². The standard InChI is InChI=1S/C23H23N3O3/c1-15(2)17-9-11-18(12-10-17)22(27)26-25-16(3)19-6-4-7-20(14-19)24-23(28)21-8-5-13-29-21/h4-15H,1-3H3,(H,24,28)(H,26,27). The van der Waals surface area contributed by atoms with Gasteiger partial charge in [0.05, 0.1) is 12.0 Å². The Hall–Kier alpha value is -3.67. The van der Waals surface area contributed by atoms with E-state index in [0.717, 1.165) is 5.56 Å². The number of benzene rings is 2. The van der Waals surface area contributed by atoms with E-state index < -0.39 is 0 Å². The van der Waals surface area contributed by atoms with Crippen LogP contribution in [0.1, 0.15) is 58.7 Å². The van der Waals surface area contributed by atoms with Crippen molar-refractivity contribution >= 4 is 23.2 Å². The summed E-state index contributed by atoms with van der Waals surface area (Å²) in [6.07, 6.45) is 1.45. The summed E-state index contributed by atoms with van der Waals surface area (Å²) in [7, 11) is 0. The molecule has 0 saturated carbocycles. The summed E-state index contributed by atoms with van der Waals surface area (Å²) in [5.41, 5.74) is 6.30. The fraction of sp³-hybridized carbons (Fsp3) is 0.174. The molecule has 2 amide bonds. The second-order valence-electron chi connectivity index (χ2n) is 6.93. The van der Waals surface area contributed by atoms with E-state index in [9.17, 15) is 9.59 Å². The summed E-state index contributed by atoms with van der Waals surface area (Å²) in [4.78, 5) is 24.4. The highest BCUT2D eigenvalue weighted by molar-refractivity contribution is 6.04. The second-order valence-corrected chi connectivity index (χ2v) is 6.93. The van der Waals surface area contributed by atoms with Gasteiger partial charge in [0.2, 0.25) is 0 Å². The van der Waals surface area contributed by atoms with Crippen molar-refractivity contribution in [3.05, 3.63) is 89.4 Å². The van der Waals surface area contributed by atoms with Gasteiger partial charge in [-0.1, -0.05) is 38.1 Å². The lowest BCUT2D eigenvalue weighted by molar-refractivity contribution is 0.0953. The molecule has 0 aliphatic carbocycles. The number of carbonyl (C=O) groups excluding carboxylic acids is 2. The van der Waals surface area contributed by atoms with E-state index in [1.807, 2.05) is 18.2 Å². The van der Waals surface area contributed by atoms with Crippen molar-refractivity contribution in [2.75, 3.05) is 5.32 Å². The van der Waals surface area contributed by atoms with Crippen LogP contribution in [0.5, 0.6) is 0 Å². The van der Waals surface area contributed by atoms with Crippen LogP contribution >= 0.6 is 0 Å². The van der Waals surface area contributed by atoms with Crippen LogP contribution in [-0.4, -0.2) is 17.5 Å². The van der Waals surface area contributed by atoms with Crippen LogP contribution in [-0.2, 0) is 0 Å². The van der Waals surface area contributed by atoms with Crippen LogP contribution in [0.3, 0.4) is 0 Å². The minimum absolute atomic E-state index is 0.233. The summed E-state index contributed by atoms with van der Waals surface area (Å²) < 4.78 is 5.09. The molecule has 0 unspecified atom stereocenters. The van der Waals surface area contributed by atoms with Crippen LogP contribution in [0.2, 0.25) is 0 Å². The number of anilines is 1. The Balaban J connectivity index is 1.66. The van der Waals surface area contributed by atoms with Crippen LogP contribution < -0.4 is 10.7 Å². The van der Waals surface area contributed by atoms with Crippen LogP contribution in [0.15, 0.2) is 76.4 Å². The lowest BCUT2D eigenvalue weighted by atomic mass is 10.0. The molecule has 0 atom stereocenters. The normalized spacial score (nSPS) is 11.4. The first-order chi connectivity index (χ1) is 13.9. The van der Waals surface area contributed by atoms with Gasteiger partial charge in [0, 0.05) is 11.3 Å². The molecule has 0 spiro atoms. The molecule has 3 rings (SSSR count). The van der Waals surface area contributed by atoms with Gasteiger partial charge in [-0.05, 0) is 60.4 Å². The minimum atomic E-state index is -0.333. The van der Waals surface area contributed by atoms with Crippen LogP contribution in [0, 0.1) is 0 Å². The van der Waals surface area contributed by atoms with Gasteiger partial charge in [0.15, 0.2) is 5.76 Å². The Morgan fingerprint density at radius 3 is 2.34 bits per heavy atom. The van der Waals surface area contributed by atoms with E-state index in [4.69, 9.17) is 4.42 Å². The van der Waals surface area contributed by atoms with Crippen molar-refractivity contribution in [2.45, 2.75) is 26.7 Å². The molecule has 1 aromatic heterocycles. The van der Waals surface area contributed by atoms with Gasteiger partial charge in [0.1, 0.15) is 0 Å². The second kappa shape index (κ2) is 9.01. The predicted octanol–water partition coefficient (Wildman–Crippen LogP) is 4.81. The molecule has 6 heteroatoms. The highest BCUT2D eigenvalue weighted by Gasteiger charge is 2.10. The zero-order valence-corrected chi connectivity index (χ0v) is 16.6. The van der Waals surface area contributed by atoms with Gasteiger partial charge in [-0.2, -0.15) is 5.10 Å². The first-order valence-electron chi connectivity index (χ1n) is 9.34. The maximum absolute atomic E-state index is 12.3. The minimum Gasteiger partial charge on any atom is -0.459 e. The van der Waals surface area contributed by atoms with Crippen molar-refractivity contribution in [1.82, 2.24) is 5.43 Å². The van der Waals surface area contributed by atoms with Crippen molar-refractivity contribution in [1.29, 1.82) is 0 Å². The largest absolute Gasteiger partial charge is 0.459 e. The molecule has 0 aliphatic rings. The molecule has 0 saturated heterocycles. The fourth-order valence-electron chi connectivity index (χ4n) is 2.71. The number of nitrogens with zero attached hydrogens (tertiary/aromatic N) is 1. The van der Waals surface area contributed by atoms with E-state index in [2.05, 4.69) is 29.7 Å². The third kappa shape index (κ3) is 5.19. The van der Waals surface area contributed by atoms with E-state index in [-0.39, 0.29) is 17.6 Å². The van der Waals surface area contributed by atoms with Crippen molar-refractivity contribution in [3.8, 4) is 0 Å². The molecule has 0 radical (unpaired) electrons. The SMILES string of the molecule is CC(=NNC(=O)c1ccc(C(C)C)cc1)c1cccc(NC(=O)c2ccco2)c1. The van der Waals surface area contributed by atoms with E-state index in [1.54, 1.807) is 49.4 Å². The van der Waals surface area contributed by atoms with E-state index in [0.29, 0.717) is 22.9 Å². The van der Waals surface area contributed by atoms with Crippen molar-refractivity contribution in [2.24, 2.45) is 5.10 Å². The molecule has 3 aromatic rings. The molecule has 29 heavy (non-hydrogen) atoms. The van der Waals surface area contributed by atoms with E-state index >= 15 is 0 Å². The number of carbonyl (C=O) groups is 2. The first-order valence-corrected chi connectivity index (χ1v) is 9.34. The number of hydrazone groups is 1. The molecular weight excluding hydrogens is 366 g/mol. The van der Waals surface area contributed by atoms with Crippen molar-refractivity contribution in [3.63, 3.8) is 0 Å². The summed E-state index contributed by atoms with van der Waals surface area (Å²) in [6, 6.07) is 17.9. The van der Waals surface area contributed by atoms with Gasteiger partial charge in [-0.3, -0.25) is 9.59 Å². The van der Waals surface area contributed by atoms with Crippen molar-refractivity contribution < 1.29 is 14.0 Å². The summed E-state index contributed by atoms with van der Waals surface area (Å²) in [6.45, 7) is 6.00. The first kappa shape index (κ1) is 20.1. The van der Waals surface area contributed by atoms with Crippen LogP contribution in [0.25, 0.3) is 0 Å². The van der Waals surface area contributed by atoms with Crippen LogP contribution in [0.4, 0.5) is 5.69 Å². The Morgan fingerprint density at radius 2 is 1.69 bits per heavy atom. The van der Waals surface area contributed by atoms with Gasteiger partial charge in [0.25, 0.3) is 11.8 Å². The average molecular weight is 389 g/mol. The highest BCUT2D eigenvalue weighted by Crippen LogP contribution is 2.15. The number of amides is 2. The quantitative estimate of drug-likeness (QED) is 0.469. The number of hydrogen-bond donors (Lipinski definition) is 2. The number of furan rings is 1. The predicted molar refractivity (Wildman–Crippen MR) is 113 cm³/mol. The summed E-state index contributed by atoms with van der Waals surface area (Å²) in [5.74, 6) is 0.0336. The Morgan fingerprint density at radius 1 is 0.931 bits per heavy atom. The fourth-order valence-corrected chi connectivity index (χ4v) is 2.71. The maximum Gasteiger partial charge on any atom is 0.291 e. The monoisotopic (exact) mass is 389 g/mol. The third-order valence-corrected chi connectivity index (χ3v) is 4.45. The molecular formula is C23H23N3O3. The Bertz CT molecular complexity index is 1020. The number of hydrogen-bond acceptors (Lipinski definition) is 4. The number of rotatable bonds is 6. The molecule has 1 heterocycles.